The third kappa shape index (κ3) is 4.72. The molecule has 1 saturated heterocycles. The van der Waals surface area contributed by atoms with E-state index in [-0.39, 0.29) is 22.9 Å². The van der Waals surface area contributed by atoms with Crippen molar-refractivity contribution in [2.24, 2.45) is 0 Å². The van der Waals surface area contributed by atoms with Crippen LogP contribution >= 0.6 is 11.6 Å². The van der Waals surface area contributed by atoms with E-state index in [1.807, 2.05) is 0 Å². The van der Waals surface area contributed by atoms with E-state index in [0.717, 1.165) is 38.8 Å². The van der Waals surface area contributed by atoms with Crippen molar-refractivity contribution < 1.29 is 17.6 Å². The molecular formula is C21H26ClN3O4S. The van der Waals surface area contributed by atoms with Gasteiger partial charge in [-0.3, -0.25) is 9.69 Å². The normalized spacial score (nSPS) is 23.4. The molecule has 1 aromatic carbocycles. The fourth-order valence-corrected chi connectivity index (χ4v) is 5.81. The minimum atomic E-state index is -3.61. The second kappa shape index (κ2) is 9.09. The summed E-state index contributed by atoms with van der Waals surface area (Å²) in [6.45, 7) is 2.64. The van der Waals surface area contributed by atoms with Crippen LogP contribution in [0.15, 0.2) is 52.0 Å². The van der Waals surface area contributed by atoms with Gasteiger partial charge in [0, 0.05) is 43.3 Å². The molecule has 1 saturated carbocycles. The standard InChI is InChI=1S/C21H26ClN3O4S/c22-16-7-9-17(10-8-16)30(27,28)23-18-4-1-2-5-19(18)24-11-13-25(14-12-24)21(26)20-6-3-15-29-20/h3,6-10,15,18-19,23H,1-2,4-5,11-14H2/t18-,19+/m1/s1. The van der Waals surface area contributed by atoms with E-state index in [9.17, 15) is 13.2 Å². The number of carbonyl (C=O) groups is 1. The monoisotopic (exact) mass is 451 g/mol. The van der Waals surface area contributed by atoms with Gasteiger partial charge in [-0.2, -0.15) is 0 Å². The highest BCUT2D eigenvalue weighted by molar-refractivity contribution is 7.89. The van der Waals surface area contributed by atoms with Gasteiger partial charge in [-0.05, 0) is 49.2 Å². The number of piperazine rings is 1. The number of amides is 1. The lowest BCUT2D eigenvalue weighted by Gasteiger charge is -2.44. The second-order valence-electron chi connectivity index (χ2n) is 7.84. The fourth-order valence-electron chi connectivity index (χ4n) is 4.38. The van der Waals surface area contributed by atoms with Gasteiger partial charge in [0.1, 0.15) is 0 Å². The molecule has 2 atom stereocenters. The Morgan fingerprint density at radius 1 is 1.03 bits per heavy atom. The summed E-state index contributed by atoms with van der Waals surface area (Å²) in [5.41, 5.74) is 0. The van der Waals surface area contributed by atoms with E-state index >= 15 is 0 Å². The van der Waals surface area contributed by atoms with E-state index < -0.39 is 10.0 Å². The Hall–Kier alpha value is -1.87. The Kier molecular flexibility index (Phi) is 6.48. The van der Waals surface area contributed by atoms with Crippen LogP contribution in [0.2, 0.25) is 5.02 Å². The molecule has 7 nitrogen and oxygen atoms in total. The Labute approximate surface area is 182 Å². The molecule has 0 unspecified atom stereocenters. The number of hydrogen-bond acceptors (Lipinski definition) is 5. The summed E-state index contributed by atoms with van der Waals surface area (Å²) in [5.74, 6) is 0.262. The Balaban J connectivity index is 1.40. The number of carbonyl (C=O) groups excluding carboxylic acids is 1. The molecule has 0 bridgehead atoms. The van der Waals surface area contributed by atoms with Gasteiger partial charge in [-0.1, -0.05) is 24.4 Å². The topological polar surface area (TPSA) is 82.9 Å². The molecular weight excluding hydrogens is 426 g/mol. The first-order chi connectivity index (χ1) is 14.4. The minimum Gasteiger partial charge on any atom is -0.459 e. The number of furan rings is 1. The molecule has 1 aliphatic heterocycles. The molecule has 2 heterocycles. The average molecular weight is 452 g/mol. The van der Waals surface area contributed by atoms with E-state index in [4.69, 9.17) is 16.0 Å². The molecule has 9 heteroatoms. The summed E-state index contributed by atoms with van der Waals surface area (Å²) in [5, 5.41) is 0.506. The maximum absolute atomic E-state index is 12.9. The van der Waals surface area contributed by atoms with Crippen molar-refractivity contribution in [3.63, 3.8) is 0 Å². The molecule has 1 amide bonds. The molecule has 2 aromatic rings. The van der Waals surface area contributed by atoms with Crippen molar-refractivity contribution in [1.82, 2.24) is 14.5 Å². The summed E-state index contributed by atoms with van der Waals surface area (Å²) in [6, 6.07) is 9.60. The van der Waals surface area contributed by atoms with E-state index in [1.165, 1.54) is 18.4 Å². The zero-order valence-electron chi connectivity index (χ0n) is 16.7. The van der Waals surface area contributed by atoms with Gasteiger partial charge in [0.15, 0.2) is 5.76 Å². The van der Waals surface area contributed by atoms with Gasteiger partial charge in [-0.15, -0.1) is 0 Å². The van der Waals surface area contributed by atoms with Crippen LogP contribution in [-0.4, -0.2) is 62.4 Å². The molecule has 30 heavy (non-hydrogen) atoms. The van der Waals surface area contributed by atoms with Crippen LogP contribution in [0.5, 0.6) is 0 Å². The molecule has 1 aliphatic carbocycles. The predicted octanol–water partition coefficient (Wildman–Crippen LogP) is 2.98. The van der Waals surface area contributed by atoms with Gasteiger partial charge >= 0.3 is 0 Å². The first kappa shape index (κ1) is 21.4. The zero-order chi connectivity index (χ0) is 21.1. The lowest BCUT2D eigenvalue weighted by Crippen LogP contribution is -2.58. The van der Waals surface area contributed by atoms with Gasteiger partial charge in [0.2, 0.25) is 10.0 Å². The molecule has 162 valence electrons. The Morgan fingerprint density at radius 2 is 1.73 bits per heavy atom. The van der Waals surface area contributed by atoms with E-state index in [0.29, 0.717) is 23.9 Å². The van der Waals surface area contributed by atoms with Crippen LogP contribution in [0.4, 0.5) is 0 Å². The van der Waals surface area contributed by atoms with Crippen LogP contribution < -0.4 is 4.72 Å². The molecule has 0 radical (unpaired) electrons. The van der Waals surface area contributed by atoms with Crippen molar-refractivity contribution in [2.75, 3.05) is 26.2 Å². The first-order valence-electron chi connectivity index (χ1n) is 10.3. The van der Waals surface area contributed by atoms with Gasteiger partial charge < -0.3 is 9.32 Å². The number of benzene rings is 1. The lowest BCUT2D eigenvalue weighted by molar-refractivity contribution is 0.0455. The number of rotatable bonds is 5. The predicted molar refractivity (Wildman–Crippen MR) is 114 cm³/mol. The summed E-state index contributed by atoms with van der Waals surface area (Å²) < 4.78 is 33.9. The molecule has 2 fully saturated rings. The number of nitrogens with one attached hydrogen (secondary N) is 1. The molecule has 0 spiro atoms. The van der Waals surface area contributed by atoms with Gasteiger partial charge in [0.25, 0.3) is 5.91 Å². The van der Waals surface area contributed by atoms with Crippen molar-refractivity contribution >= 4 is 27.5 Å². The van der Waals surface area contributed by atoms with Gasteiger partial charge in [-0.25, -0.2) is 13.1 Å². The summed E-state index contributed by atoms with van der Waals surface area (Å²) in [6.07, 6.45) is 5.34. The molecule has 2 aliphatic rings. The number of sulfonamides is 1. The zero-order valence-corrected chi connectivity index (χ0v) is 18.2. The van der Waals surface area contributed by atoms with Gasteiger partial charge in [0.05, 0.1) is 11.2 Å². The van der Waals surface area contributed by atoms with Crippen molar-refractivity contribution in [3.8, 4) is 0 Å². The fraction of sp³-hybridized carbons (Fsp3) is 0.476. The average Bonchev–Trinajstić information content (AvgIpc) is 3.29. The highest BCUT2D eigenvalue weighted by Crippen LogP contribution is 2.26. The van der Waals surface area contributed by atoms with Crippen LogP contribution in [0.25, 0.3) is 0 Å². The van der Waals surface area contributed by atoms with Crippen LogP contribution in [-0.2, 0) is 10.0 Å². The highest BCUT2D eigenvalue weighted by Gasteiger charge is 2.35. The third-order valence-electron chi connectivity index (χ3n) is 5.96. The Bertz CT molecular complexity index is 955. The van der Waals surface area contributed by atoms with E-state index in [1.54, 1.807) is 29.2 Å². The van der Waals surface area contributed by atoms with Crippen molar-refractivity contribution in [1.29, 1.82) is 0 Å². The van der Waals surface area contributed by atoms with Crippen LogP contribution in [0.3, 0.4) is 0 Å². The minimum absolute atomic E-state index is 0.0942. The smallest absolute Gasteiger partial charge is 0.289 e. The maximum Gasteiger partial charge on any atom is 0.289 e. The van der Waals surface area contributed by atoms with Crippen molar-refractivity contribution in [2.45, 2.75) is 42.7 Å². The molecule has 1 N–H and O–H groups in total. The highest BCUT2D eigenvalue weighted by atomic mass is 35.5. The summed E-state index contributed by atoms with van der Waals surface area (Å²) in [4.78, 5) is 16.8. The molecule has 1 aromatic heterocycles. The van der Waals surface area contributed by atoms with Crippen LogP contribution in [0, 0.1) is 0 Å². The third-order valence-corrected chi connectivity index (χ3v) is 7.72. The quantitative estimate of drug-likeness (QED) is 0.755. The van der Waals surface area contributed by atoms with Crippen LogP contribution in [0.1, 0.15) is 36.2 Å². The Morgan fingerprint density at radius 3 is 2.40 bits per heavy atom. The maximum atomic E-state index is 12.9. The number of halogens is 1. The summed E-state index contributed by atoms with van der Waals surface area (Å²) in [7, 11) is -3.61. The van der Waals surface area contributed by atoms with Crippen molar-refractivity contribution in [3.05, 3.63) is 53.4 Å². The summed E-state index contributed by atoms with van der Waals surface area (Å²) >= 11 is 5.89. The first-order valence-corrected chi connectivity index (χ1v) is 12.1. The second-order valence-corrected chi connectivity index (χ2v) is 9.99. The number of hydrogen-bond donors (Lipinski definition) is 1. The molecule has 4 rings (SSSR count). The lowest BCUT2D eigenvalue weighted by atomic mass is 9.89. The largest absolute Gasteiger partial charge is 0.459 e. The van der Waals surface area contributed by atoms with E-state index in [2.05, 4.69) is 9.62 Å². The SMILES string of the molecule is O=C(c1ccco1)N1CCN([C@H]2CCCC[C@H]2NS(=O)(=O)c2ccc(Cl)cc2)CC1. The number of nitrogens with zero attached hydrogens (tertiary/aromatic N) is 2.